The second-order valence-electron chi connectivity index (χ2n) is 28.3. The van der Waals surface area contributed by atoms with Gasteiger partial charge < -0.3 is 0 Å². The Labute approximate surface area is 454 Å². The van der Waals surface area contributed by atoms with Gasteiger partial charge in [-0.15, -0.1) is 0 Å². The zero-order valence-corrected chi connectivity index (χ0v) is 51.1. The van der Waals surface area contributed by atoms with Crippen molar-refractivity contribution in [3.05, 3.63) is 0 Å². The fourth-order valence-corrected chi connectivity index (χ4v) is 17.4. The monoisotopic (exact) mass is 784 g/mol. The Bertz CT molecular complexity index is 1080. The van der Waals surface area contributed by atoms with Crippen LogP contribution in [0.5, 0.6) is 0 Å². The zero-order chi connectivity index (χ0) is 51.4. The van der Waals surface area contributed by atoms with Gasteiger partial charge in [0.2, 0.25) is 0 Å². The molecule has 0 unspecified atom stereocenters. The van der Waals surface area contributed by atoms with E-state index in [4.69, 9.17) is 4.81 Å². The molecule has 1 nitrogen and oxygen atoms in total. The molecule has 0 rings (SSSR count). The van der Waals surface area contributed by atoms with Crippen molar-refractivity contribution in [2.24, 2.45) is 4.81 Å². The average Bonchev–Trinajstić information content (AvgIpc) is 3.10. The maximum atomic E-state index is 6.82. The summed E-state index contributed by atoms with van der Waals surface area (Å²) in [5.74, 6) is 0. The van der Waals surface area contributed by atoms with Crippen LogP contribution < -0.4 is 0 Å². The predicted octanol–water partition coefficient (Wildman–Crippen LogP) is -41.6. The molecule has 0 heterocycles. The quantitative estimate of drug-likeness (QED) is 0.0623. The summed E-state index contributed by atoms with van der Waals surface area (Å²) in [6.45, 7) is 3.12. The molecule has 0 saturated carbocycles. The van der Waals surface area contributed by atoms with Crippen LogP contribution in [0.2, 0.25) is 0 Å². The standard InChI is InChI=1S/B64H65N/c1-33-50(32)59(49(30)31)63(58(47(26)27)48(28)29)64(62(56(43(18)19)44(20)21)57(45(22)23)46(24)25)65-34-51(60(52(35(2)3)36(4)5)53(37(6)7)38(8)9)61(54(39(10)11)40(12)13)55(41(14)15)42(16)17/h33H,1-32H2. The molecule has 0 spiro atoms. The minimum absolute atomic E-state index is 0.251. The van der Waals surface area contributed by atoms with Gasteiger partial charge in [-0.3, -0.25) is 0 Å². The van der Waals surface area contributed by atoms with Crippen LogP contribution >= 0.6 is 0 Å². The normalized spacial score (nSPS) is 9.78. The molecule has 0 amide bonds. The van der Waals surface area contributed by atoms with E-state index < -0.39 is 0 Å². The Balaban J connectivity index is 10.2. The van der Waals surface area contributed by atoms with Crippen molar-refractivity contribution in [2.75, 3.05) is 0 Å². The van der Waals surface area contributed by atoms with Gasteiger partial charge >= 0.3 is 458 Å². The van der Waals surface area contributed by atoms with Crippen LogP contribution in [0.15, 0.2) is 4.81 Å². The van der Waals surface area contributed by atoms with E-state index in [1.165, 1.54) is 7.06 Å². The van der Waals surface area contributed by atoms with Crippen molar-refractivity contribution >= 4 is 453 Å². The van der Waals surface area contributed by atoms with Crippen LogP contribution in [0.4, 0.5) is 0 Å². The number of nitrogens with zero attached hydrogens (tertiary/aromatic N) is 1. The first-order valence-electron chi connectivity index (χ1n) is 29.2. The molecule has 262 valence electrons. The van der Waals surface area contributed by atoms with Crippen LogP contribution in [0.25, 0.3) is 0 Å². The fraction of sp³-hybridized carbons (Fsp3) is 0. The van der Waals surface area contributed by atoms with Gasteiger partial charge in [-0.2, -0.15) is 0 Å². The SMILES string of the molecule is BBB(B)B(B(B)B)B(B(/N=B/B(B(B(B(B)B)B(B)B)B(B(B)B)B(B)B)B(B(B(B)B)B(B)B)B(B(B)B)B(B)B)B(B(B(B)B)B(B)B)B(B(B)B)B(B)B)B(B(B)B)B(B)B. The molecular weight excluding hydrogens is 706 g/mol. The van der Waals surface area contributed by atoms with Crippen molar-refractivity contribution in [1.29, 1.82) is 0 Å². The van der Waals surface area contributed by atoms with Gasteiger partial charge in [-0.05, 0) is 0 Å². The second kappa shape index (κ2) is 32.4. The van der Waals surface area contributed by atoms with E-state index in [2.05, 4.69) is 255 Å². The molecule has 0 aromatic heterocycles. The Hall–Kier alpha value is 3.96. The summed E-state index contributed by atoms with van der Waals surface area (Å²) >= 11 is 0. The summed E-state index contributed by atoms with van der Waals surface area (Å²) in [5.41, 5.74) is 0. The topological polar surface area (TPSA) is 12.4 Å². The summed E-state index contributed by atoms with van der Waals surface area (Å²) in [6, 6.07) is 0. The van der Waals surface area contributed by atoms with E-state index in [0.717, 1.165) is 0 Å². The first-order chi connectivity index (χ1) is 29.7. The van der Waals surface area contributed by atoms with E-state index in [9.17, 15) is 0 Å². The fourth-order valence-electron chi connectivity index (χ4n) is 17.4. The van der Waals surface area contributed by atoms with Crippen molar-refractivity contribution < 1.29 is 0 Å². The summed E-state index contributed by atoms with van der Waals surface area (Å²) in [6.07, 6.45) is 16.8. The Morgan fingerprint density at radius 2 is 0.400 bits per heavy atom. The van der Waals surface area contributed by atoms with E-state index >= 15 is 0 Å². The van der Waals surface area contributed by atoms with Crippen LogP contribution in [0.1, 0.15) is 0 Å². The molecular formula is H65B64N. The van der Waals surface area contributed by atoms with Crippen molar-refractivity contribution in [1.82, 2.24) is 0 Å². The molecule has 0 aromatic rings. The maximum absolute atomic E-state index is 6.82. The van der Waals surface area contributed by atoms with Gasteiger partial charge in [0.15, 0.2) is 0 Å². The molecule has 65 heteroatoms. The average molecular weight is 771 g/mol. The summed E-state index contributed by atoms with van der Waals surface area (Å²) in [7, 11) is 83.8. The van der Waals surface area contributed by atoms with Gasteiger partial charge in [0.05, 0.1) is 0 Å². The predicted molar refractivity (Wildman–Crippen MR) is 461 cm³/mol. The molecule has 0 fully saturated rings. The molecule has 65 heavy (non-hydrogen) atoms. The van der Waals surface area contributed by atoms with Gasteiger partial charge in [0, 0.05) is 0 Å². The molecule has 0 aliphatic rings. The molecule has 0 aliphatic carbocycles. The van der Waals surface area contributed by atoms with Crippen molar-refractivity contribution in [3.8, 4) is 0 Å². The first-order valence-corrected chi connectivity index (χ1v) is 29.2. The number of hydrogen-bond donors (Lipinski definition) is 0. The summed E-state index contributed by atoms with van der Waals surface area (Å²) < 4.78 is 0. The third-order valence-electron chi connectivity index (χ3n) is 18.5. The van der Waals surface area contributed by atoms with Gasteiger partial charge in [-0.25, -0.2) is 0 Å². The zero-order valence-electron chi connectivity index (χ0n) is 51.1. The Morgan fingerprint density at radius 3 is 0.569 bits per heavy atom. The van der Waals surface area contributed by atoms with E-state index in [0.29, 0.717) is 185 Å². The van der Waals surface area contributed by atoms with Crippen molar-refractivity contribution in [3.63, 3.8) is 0 Å². The van der Waals surface area contributed by atoms with Crippen LogP contribution in [-0.2, 0) is 0 Å². The van der Waals surface area contributed by atoms with Gasteiger partial charge in [-0.1, -0.05) is 0 Å². The Morgan fingerprint density at radius 1 is 0.231 bits per heavy atom. The third kappa shape index (κ3) is 19.6. The molecule has 0 radical (unpaired) electrons. The van der Waals surface area contributed by atoms with Crippen LogP contribution in [0.3, 0.4) is 0 Å². The minimum atomic E-state index is 0.251. The molecule has 0 aliphatic heterocycles. The summed E-state index contributed by atoms with van der Waals surface area (Å²) in [5, 5.41) is 0. The van der Waals surface area contributed by atoms with Gasteiger partial charge in [0.25, 0.3) is 0 Å². The molecule has 0 N–H and O–H groups in total. The van der Waals surface area contributed by atoms with E-state index in [-0.39, 0.29) is 6.63 Å². The third-order valence-corrected chi connectivity index (χ3v) is 18.5. The first kappa shape index (κ1) is 69.0. The summed E-state index contributed by atoms with van der Waals surface area (Å²) in [4.78, 5) is 6.82. The van der Waals surface area contributed by atoms with Crippen LogP contribution in [-0.4, -0.2) is 453 Å². The van der Waals surface area contributed by atoms with Crippen LogP contribution in [0, 0.1) is 0 Å². The number of hydrogen-bond acceptors (Lipinski definition) is 1. The molecule has 0 atom stereocenters. The van der Waals surface area contributed by atoms with E-state index in [1.54, 1.807) is 0 Å². The van der Waals surface area contributed by atoms with Crippen molar-refractivity contribution in [2.45, 2.75) is 0 Å². The van der Waals surface area contributed by atoms with Gasteiger partial charge in [0.1, 0.15) is 0 Å². The molecule has 0 saturated heterocycles. The second-order valence-corrected chi connectivity index (χ2v) is 28.3. The molecule has 0 bridgehead atoms. The Kier molecular flexibility index (Phi) is 34.4. The van der Waals surface area contributed by atoms with E-state index in [1.807, 2.05) is 0 Å². The number of rotatable bonds is 31. The molecule has 0 aromatic carbocycles.